The maximum Gasteiger partial charge on any atom is 0.416 e. The van der Waals surface area contributed by atoms with E-state index in [0.29, 0.717) is 23.5 Å². The van der Waals surface area contributed by atoms with Crippen LogP contribution in [0.15, 0.2) is 18.2 Å². The molecule has 1 aliphatic rings. The van der Waals surface area contributed by atoms with Crippen molar-refractivity contribution in [2.45, 2.75) is 31.9 Å². The Hall–Kier alpha value is -1.48. The molecule has 1 amide bonds. The summed E-state index contributed by atoms with van der Waals surface area (Å²) in [4.78, 5) is 14.1. The molecule has 146 valence electrons. The number of likely N-dealkylation sites (tertiary alicyclic amines) is 1. The smallest absolute Gasteiger partial charge is 0.341 e. The quantitative estimate of drug-likeness (QED) is 0.760. The highest BCUT2D eigenvalue weighted by atomic mass is 35.5. The number of carbonyl (C=O) groups is 1. The Balaban J connectivity index is 2.35. The molecule has 0 radical (unpaired) electrons. The number of hydrogen-bond donors (Lipinski definition) is 0. The Morgan fingerprint density at radius 2 is 1.77 bits per heavy atom. The topological polar surface area (TPSA) is 57.7 Å². The SMILES string of the molecule is CS(=O)(=O)N(CC(=O)N1CCCCCC1)c1cc(C(F)(F)F)ccc1Cl. The van der Waals surface area contributed by atoms with Gasteiger partial charge < -0.3 is 4.90 Å². The molecule has 0 aromatic heterocycles. The summed E-state index contributed by atoms with van der Waals surface area (Å²) in [5, 5.41) is -0.174. The Bertz CT molecular complexity index is 760. The molecule has 0 unspecified atom stereocenters. The Kier molecular flexibility index (Phi) is 6.44. The molecule has 10 heteroatoms. The number of nitrogens with zero attached hydrogens (tertiary/aromatic N) is 2. The van der Waals surface area contributed by atoms with Crippen molar-refractivity contribution in [2.24, 2.45) is 0 Å². The molecule has 0 N–H and O–H groups in total. The van der Waals surface area contributed by atoms with E-state index in [4.69, 9.17) is 11.6 Å². The molecule has 1 fully saturated rings. The maximum atomic E-state index is 13.0. The monoisotopic (exact) mass is 412 g/mol. The first-order chi connectivity index (χ1) is 12.0. The fourth-order valence-corrected chi connectivity index (χ4v) is 3.93. The zero-order valence-corrected chi connectivity index (χ0v) is 15.8. The highest BCUT2D eigenvalue weighted by molar-refractivity contribution is 7.92. The van der Waals surface area contributed by atoms with E-state index in [1.807, 2.05) is 0 Å². The number of amides is 1. The largest absolute Gasteiger partial charge is 0.416 e. The van der Waals surface area contributed by atoms with E-state index < -0.39 is 34.2 Å². The molecule has 26 heavy (non-hydrogen) atoms. The molecule has 1 aromatic carbocycles. The van der Waals surface area contributed by atoms with Gasteiger partial charge in [0.05, 0.1) is 22.5 Å². The third kappa shape index (κ3) is 5.26. The second-order valence-electron chi connectivity index (χ2n) is 6.23. The van der Waals surface area contributed by atoms with Gasteiger partial charge in [0.1, 0.15) is 6.54 Å². The Labute approximate surface area is 155 Å². The average molecular weight is 413 g/mol. The van der Waals surface area contributed by atoms with Crippen molar-refractivity contribution in [2.75, 3.05) is 30.2 Å². The number of hydrogen-bond acceptors (Lipinski definition) is 3. The van der Waals surface area contributed by atoms with E-state index in [9.17, 15) is 26.4 Å². The van der Waals surface area contributed by atoms with Crippen LogP contribution in [0.1, 0.15) is 31.2 Å². The molecule has 0 atom stereocenters. The molecular weight excluding hydrogens is 393 g/mol. The van der Waals surface area contributed by atoms with Crippen molar-refractivity contribution in [1.82, 2.24) is 4.90 Å². The molecule has 0 aliphatic carbocycles. The lowest BCUT2D eigenvalue weighted by Gasteiger charge is -2.27. The minimum atomic E-state index is -4.66. The van der Waals surface area contributed by atoms with Crippen molar-refractivity contribution < 1.29 is 26.4 Å². The van der Waals surface area contributed by atoms with Crippen molar-refractivity contribution in [3.05, 3.63) is 28.8 Å². The zero-order chi connectivity index (χ0) is 19.5. The summed E-state index contributed by atoms with van der Waals surface area (Å²) in [6.45, 7) is 0.430. The normalized spacial score (nSPS) is 16.3. The summed E-state index contributed by atoms with van der Waals surface area (Å²) in [7, 11) is -4.01. The third-order valence-electron chi connectivity index (χ3n) is 4.18. The molecule has 1 heterocycles. The molecule has 1 aromatic rings. The van der Waals surface area contributed by atoms with E-state index in [-0.39, 0.29) is 10.7 Å². The van der Waals surface area contributed by atoms with E-state index in [1.54, 1.807) is 4.90 Å². The summed E-state index contributed by atoms with van der Waals surface area (Å²) < 4.78 is 63.8. The summed E-state index contributed by atoms with van der Waals surface area (Å²) in [5.41, 5.74) is -1.39. The minimum absolute atomic E-state index is 0.174. The minimum Gasteiger partial charge on any atom is -0.341 e. The van der Waals surface area contributed by atoms with Crippen LogP contribution in [0.4, 0.5) is 18.9 Å². The van der Waals surface area contributed by atoms with E-state index in [2.05, 4.69) is 0 Å². The average Bonchev–Trinajstić information content (AvgIpc) is 2.80. The molecule has 0 bridgehead atoms. The van der Waals surface area contributed by atoms with Crippen molar-refractivity contribution in [1.29, 1.82) is 0 Å². The van der Waals surface area contributed by atoms with Gasteiger partial charge >= 0.3 is 6.18 Å². The summed E-state index contributed by atoms with van der Waals surface area (Å²) in [5.74, 6) is -0.453. The van der Waals surface area contributed by atoms with Gasteiger partial charge in [0.2, 0.25) is 15.9 Å². The third-order valence-corrected chi connectivity index (χ3v) is 5.63. The summed E-state index contributed by atoms with van der Waals surface area (Å²) in [6.07, 6.45) is -0.224. The predicted molar refractivity (Wildman–Crippen MR) is 93.7 cm³/mol. The van der Waals surface area contributed by atoms with Gasteiger partial charge in [0.15, 0.2) is 0 Å². The highest BCUT2D eigenvalue weighted by Gasteiger charge is 2.33. The van der Waals surface area contributed by atoms with Gasteiger partial charge in [-0.25, -0.2) is 8.42 Å². The summed E-state index contributed by atoms with van der Waals surface area (Å²) >= 11 is 5.94. The van der Waals surface area contributed by atoms with Crippen molar-refractivity contribution in [3.8, 4) is 0 Å². The van der Waals surface area contributed by atoms with Crippen LogP contribution in [0.5, 0.6) is 0 Å². The molecule has 1 saturated heterocycles. The highest BCUT2D eigenvalue weighted by Crippen LogP contribution is 2.36. The first-order valence-corrected chi connectivity index (χ1v) is 10.3. The van der Waals surface area contributed by atoms with Crippen molar-refractivity contribution >= 4 is 33.2 Å². The molecule has 2 rings (SSSR count). The van der Waals surface area contributed by atoms with E-state index >= 15 is 0 Å². The molecule has 1 aliphatic heterocycles. The van der Waals surface area contributed by atoms with Gasteiger partial charge in [-0.05, 0) is 31.0 Å². The van der Waals surface area contributed by atoms with E-state index in [0.717, 1.165) is 44.1 Å². The van der Waals surface area contributed by atoms with Gasteiger partial charge in [0.25, 0.3) is 0 Å². The lowest BCUT2D eigenvalue weighted by atomic mass is 10.2. The van der Waals surface area contributed by atoms with E-state index in [1.165, 1.54) is 0 Å². The predicted octanol–water partition coefficient (Wildman–Crippen LogP) is 3.53. The van der Waals surface area contributed by atoms with Crippen LogP contribution in [-0.4, -0.2) is 45.1 Å². The first kappa shape index (κ1) is 20.8. The fraction of sp³-hybridized carbons (Fsp3) is 0.562. The van der Waals surface area contributed by atoms with Crippen LogP contribution in [0.25, 0.3) is 0 Å². The Morgan fingerprint density at radius 1 is 1.19 bits per heavy atom. The van der Waals surface area contributed by atoms with Crippen LogP contribution in [0.2, 0.25) is 5.02 Å². The second kappa shape index (κ2) is 8.04. The lowest BCUT2D eigenvalue weighted by Crippen LogP contribution is -2.43. The first-order valence-electron chi connectivity index (χ1n) is 8.12. The Morgan fingerprint density at radius 3 is 2.27 bits per heavy atom. The number of halogens is 4. The fourth-order valence-electron chi connectivity index (χ4n) is 2.80. The van der Waals surface area contributed by atoms with Crippen LogP contribution in [0.3, 0.4) is 0 Å². The zero-order valence-electron chi connectivity index (χ0n) is 14.2. The molecule has 0 spiro atoms. The van der Waals surface area contributed by atoms with Crippen LogP contribution in [-0.2, 0) is 21.0 Å². The van der Waals surface area contributed by atoms with Crippen molar-refractivity contribution in [3.63, 3.8) is 0 Å². The van der Waals surface area contributed by atoms with Gasteiger partial charge in [-0.1, -0.05) is 24.4 Å². The van der Waals surface area contributed by atoms with Crippen LogP contribution < -0.4 is 4.31 Å². The molecule has 5 nitrogen and oxygen atoms in total. The van der Waals surface area contributed by atoms with Gasteiger partial charge in [0, 0.05) is 13.1 Å². The number of carbonyl (C=O) groups excluding carboxylic acids is 1. The second-order valence-corrected chi connectivity index (χ2v) is 8.54. The lowest BCUT2D eigenvalue weighted by molar-refractivity contribution is -0.137. The number of sulfonamides is 1. The van der Waals surface area contributed by atoms with Gasteiger partial charge in [-0.15, -0.1) is 0 Å². The van der Waals surface area contributed by atoms with Gasteiger partial charge in [-0.2, -0.15) is 13.2 Å². The number of benzene rings is 1. The standard InChI is InChI=1S/C16H20ClF3N2O3S/c1-26(24,25)22(11-15(23)21-8-4-2-3-5-9-21)14-10-12(16(18,19)20)6-7-13(14)17/h6-7,10H,2-5,8-9,11H2,1H3. The van der Waals surface area contributed by atoms with Crippen LogP contribution in [0, 0.1) is 0 Å². The molecule has 0 saturated carbocycles. The summed E-state index contributed by atoms with van der Waals surface area (Å²) in [6, 6.07) is 2.40. The van der Waals surface area contributed by atoms with Crippen LogP contribution >= 0.6 is 11.6 Å². The number of alkyl halides is 3. The number of rotatable bonds is 4. The molecular formula is C16H20ClF3N2O3S. The number of anilines is 1. The van der Waals surface area contributed by atoms with Gasteiger partial charge in [-0.3, -0.25) is 9.10 Å². The maximum absolute atomic E-state index is 13.0.